The minimum absolute atomic E-state index is 0.746. The Hall–Kier alpha value is -1.26. The van der Waals surface area contributed by atoms with Crippen molar-refractivity contribution in [3.8, 4) is 5.75 Å². The lowest BCUT2D eigenvalue weighted by molar-refractivity contribution is 0.344. The molecule has 1 heterocycles. The molecule has 1 fully saturated rings. The van der Waals surface area contributed by atoms with Gasteiger partial charge in [0.05, 0.1) is 7.11 Å². The van der Waals surface area contributed by atoms with E-state index in [1.165, 1.54) is 31.6 Å². The van der Waals surface area contributed by atoms with Crippen LogP contribution >= 0.6 is 0 Å². The highest BCUT2D eigenvalue weighted by Crippen LogP contribution is 2.19. The van der Waals surface area contributed by atoms with Crippen LogP contribution in [-0.2, 0) is 0 Å². The predicted molar refractivity (Wildman–Crippen MR) is 84.6 cm³/mol. The first kappa shape index (κ1) is 15.1. The van der Waals surface area contributed by atoms with Crippen molar-refractivity contribution >= 4 is 5.69 Å². The van der Waals surface area contributed by atoms with Crippen molar-refractivity contribution in [1.29, 1.82) is 0 Å². The van der Waals surface area contributed by atoms with Gasteiger partial charge in [0.25, 0.3) is 0 Å². The number of likely N-dealkylation sites (tertiary alicyclic amines) is 1. The van der Waals surface area contributed by atoms with Crippen molar-refractivity contribution in [3.63, 3.8) is 0 Å². The normalized spacial score (nSPS) is 15.5. The molecule has 0 bridgehead atoms. The lowest BCUT2D eigenvalue weighted by Crippen LogP contribution is -2.35. The molecule has 20 heavy (non-hydrogen) atoms. The molecular formula is C16H27N3O. The van der Waals surface area contributed by atoms with Crippen molar-refractivity contribution in [3.05, 3.63) is 24.3 Å². The van der Waals surface area contributed by atoms with Crippen molar-refractivity contribution in [2.24, 2.45) is 5.73 Å². The Morgan fingerprint density at radius 1 is 1.15 bits per heavy atom. The molecule has 0 unspecified atom stereocenters. The van der Waals surface area contributed by atoms with Gasteiger partial charge < -0.3 is 20.3 Å². The highest BCUT2D eigenvalue weighted by atomic mass is 16.5. The lowest BCUT2D eigenvalue weighted by Gasteiger charge is -2.27. The summed E-state index contributed by atoms with van der Waals surface area (Å²) in [5.41, 5.74) is 6.92. The van der Waals surface area contributed by atoms with Gasteiger partial charge >= 0.3 is 0 Å². The number of ether oxygens (including phenoxy) is 1. The number of methoxy groups -OCH3 is 1. The van der Waals surface area contributed by atoms with Crippen LogP contribution < -0.4 is 15.4 Å². The summed E-state index contributed by atoms with van der Waals surface area (Å²) < 4.78 is 5.22. The van der Waals surface area contributed by atoms with Crippen LogP contribution in [0.3, 0.4) is 0 Å². The standard InChI is InChI=1S/C16H27N3O/c1-20-16-7-5-15(6-8-16)19(12-4-9-17)14-13-18-10-2-3-11-18/h5-8H,2-4,9-14,17H2,1H3. The fourth-order valence-corrected chi connectivity index (χ4v) is 2.71. The molecule has 0 aliphatic carbocycles. The summed E-state index contributed by atoms with van der Waals surface area (Å²) in [4.78, 5) is 4.99. The van der Waals surface area contributed by atoms with Crippen LogP contribution in [0.4, 0.5) is 5.69 Å². The van der Waals surface area contributed by atoms with Crippen molar-refractivity contribution in [1.82, 2.24) is 4.90 Å². The SMILES string of the molecule is COc1ccc(N(CCCN)CCN2CCCC2)cc1. The molecule has 1 aromatic rings. The monoisotopic (exact) mass is 277 g/mol. The second-order valence-corrected chi connectivity index (χ2v) is 5.38. The van der Waals surface area contributed by atoms with Crippen LogP contribution in [0.15, 0.2) is 24.3 Å². The minimum Gasteiger partial charge on any atom is -0.497 e. The fourth-order valence-electron chi connectivity index (χ4n) is 2.71. The van der Waals surface area contributed by atoms with Gasteiger partial charge in [-0.1, -0.05) is 0 Å². The molecule has 0 aromatic heterocycles. The van der Waals surface area contributed by atoms with E-state index in [1.54, 1.807) is 7.11 Å². The maximum Gasteiger partial charge on any atom is 0.119 e. The van der Waals surface area contributed by atoms with Gasteiger partial charge in [0, 0.05) is 25.3 Å². The number of hydrogen-bond donors (Lipinski definition) is 1. The molecule has 2 N–H and O–H groups in total. The van der Waals surface area contributed by atoms with Crippen LogP contribution in [0.5, 0.6) is 5.75 Å². The van der Waals surface area contributed by atoms with Crippen LogP contribution in [0.1, 0.15) is 19.3 Å². The predicted octanol–water partition coefficient (Wildman–Crippen LogP) is 1.95. The Morgan fingerprint density at radius 3 is 2.45 bits per heavy atom. The molecule has 0 saturated carbocycles. The molecule has 0 radical (unpaired) electrons. The maximum atomic E-state index is 5.66. The Labute approximate surface area is 122 Å². The second-order valence-electron chi connectivity index (χ2n) is 5.38. The van der Waals surface area contributed by atoms with Gasteiger partial charge in [-0.15, -0.1) is 0 Å². The quantitative estimate of drug-likeness (QED) is 0.788. The van der Waals surface area contributed by atoms with E-state index in [9.17, 15) is 0 Å². The van der Waals surface area contributed by atoms with Crippen LogP contribution in [0.2, 0.25) is 0 Å². The average molecular weight is 277 g/mol. The zero-order chi connectivity index (χ0) is 14.2. The topological polar surface area (TPSA) is 41.7 Å². The lowest BCUT2D eigenvalue weighted by atomic mass is 10.2. The van der Waals surface area contributed by atoms with Gasteiger partial charge in [0.2, 0.25) is 0 Å². The highest BCUT2D eigenvalue weighted by Gasteiger charge is 2.13. The molecule has 0 spiro atoms. The first-order valence-corrected chi connectivity index (χ1v) is 7.65. The number of hydrogen-bond acceptors (Lipinski definition) is 4. The molecule has 2 rings (SSSR count). The van der Waals surface area contributed by atoms with E-state index in [0.717, 1.165) is 38.3 Å². The number of anilines is 1. The van der Waals surface area contributed by atoms with Crippen LogP contribution in [0.25, 0.3) is 0 Å². The molecule has 0 amide bonds. The Morgan fingerprint density at radius 2 is 1.85 bits per heavy atom. The van der Waals surface area contributed by atoms with Crippen molar-refractivity contribution in [2.45, 2.75) is 19.3 Å². The van der Waals surface area contributed by atoms with Gasteiger partial charge in [-0.2, -0.15) is 0 Å². The first-order valence-electron chi connectivity index (χ1n) is 7.65. The largest absolute Gasteiger partial charge is 0.497 e. The molecular weight excluding hydrogens is 250 g/mol. The Kier molecular flexibility index (Phi) is 6.15. The first-order chi connectivity index (χ1) is 9.83. The summed E-state index contributed by atoms with van der Waals surface area (Å²) in [6.45, 7) is 6.51. The zero-order valence-corrected chi connectivity index (χ0v) is 12.6. The number of benzene rings is 1. The summed E-state index contributed by atoms with van der Waals surface area (Å²) in [6, 6.07) is 8.33. The summed E-state index contributed by atoms with van der Waals surface area (Å²) in [6.07, 6.45) is 3.74. The van der Waals surface area contributed by atoms with Crippen LogP contribution in [0, 0.1) is 0 Å². The van der Waals surface area contributed by atoms with Gasteiger partial charge in [0.15, 0.2) is 0 Å². The third-order valence-corrected chi connectivity index (χ3v) is 3.95. The zero-order valence-electron chi connectivity index (χ0n) is 12.6. The number of nitrogens with two attached hydrogens (primary N) is 1. The van der Waals surface area contributed by atoms with E-state index >= 15 is 0 Å². The van der Waals surface area contributed by atoms with Gasteiger partial charge in [-0.25, -0.2) is 0 Å². The molecule has 1 aromatic carbocycles. The smallest absolute Gasteiger partial charge is 0.119 e. The van der Waals surface area contributed by atoms with Gasteiger partial charge in [0.1, 0.15) is 5.75 Å². The average Bonchev–Trinajstić information content (AvgIpc) is 3.01. The van der Waals surface area contributed by atoms with Crippen LogP contribution in [-0.4, -0.2) is 51.3 Å². The minimum atomic E-state index is 0.746. The number of nitrogens with zero attached hydrogens (tertiary/aromatic N) is 2. The van der Waals surface area contributed by atoms with Crippen molar-refractivity contribution in [2.75, 3.05) is 51.3 Å². The third-order valence-electron chi connectivity index (χ3n) is 3.95. The van der Waals surface area contributed by atoms with Crippen molar-refractivity contribution < 1.29 is 4.74 Å². The van der Waals surface area contributed by atoms with E-state index in [2.05, 4.69) is 21.9 Å². The summed E-state index contributed by atoms with van der Waals surface area (Å²) >= 11 is 0. The molecule has 4 heteroatoms. The summed E-state index contributed by atoms with van der Waals surface area (Å²) in [5.74, 6) is 0.909. The van der Waals surface area contributed by atoms with E-state index in [1.807, 2.05) is 12.1 Å². The molecule has 4 nitrogen and oxygen atoms in total. The van der Waals surface area contributed by atoms with Gasteiger partial charge in [-0.05, 0) is 63.2 Å². The van der Waals surface area contributed by atoms with E-state index in [-0.39, 0.29) is 0 Å². The summed E-state index contributed by atoms with van der Waals surface area (Å²) in [5, 5.41) is 0. The Bertz CT molecular complexity index is 374. The molecule has 1 aliphatic rings. The maximum absolute atomic E-state index is 5.66. The number of rotatable bonds is 8. The summed E-state index contributed by atoms with van der Waals surface area (Å²) in [7, 11) is 1.70. The van der Waals surface area contributed by atoms with E-state index < -0.39 is 0 Å². The molecule has 1 aliphatic heterocycles. The van der Waals surface area contributed by atoms with Gasteiger partial charge in [-0.3, -0.25) is 0 Å². The molecule has 0 atom stereocenters. The second kappa shape index (κ2) is 8.12. The molecule has 112 valence electrons. The Balaban J connectivity index is 1.93. The fraction of sp³-hybridized carbons (Fsp3) is 0.625. The molecule has 1 saturated heterocycles. The van der Waals surface area contributed by atoms with E-state index in [0.29, 0.717) is 0 Å². The van der Waals surface area contributed by atoms with E-state index in [4.69, 9.17) is 10.5 Å². The highest BCUT2D eigenvalue weighted by molar-refractivity contribution is 5.49. The third kappa shape index (κ3) is 4.39.